The molecule has 1 amide bonds. The summed E-state index contributed by atoms with van der Waals surface area (Å²) in [6.07, 6.45) is 1.70. The van der Waals surface area contributed by atoms with E-state index in [9.17, 15) is 4.79 Å². The number of amides is 1. The van der Waals surface area contributed by atoms with Crippen LogP contribution in [0.3, 0.4) is 0 Å². The lowest BCUT2D eigenvalue weighted by atomic mass is 10.1. The number of hydrogen-bond acceptors (Lipinski definition) is 4. The van der Waals surface area contributed by atoms with Gasteiger partial charge in [-0.2, -0.15) is 0 Å². The highest BCUT2D eigenvalue weighted by molar-refractivity contribution is 7.98. The molecule has 0 fully saturated rings. The van der Waals surface area contributed by atoms with Crippen LogP contribution >= 0.6 is 11.8 Å². The Bertz CT molecular complexity index is 768. The number of thioether (sulfide) groups is 1. The van der Waals surface area contributed by atoms with E-state index in [-0.39, 0.29) is 0 Å². The summed E-state index contributed by atoms with van der Waals surface area (Å²) in [6, 6.07) is 17.2. The van der Waals surface area contributed by atoms with Crippen molar-refractivity contribution in [2.75, 3.05) is 0 Å². The van der Waals surface area contributed by atoms with Crippen LogP contribution in [-0.2, 0) is 5.75 Å². The third-order valence-electron chi connectivity index (χ3n) is 3.16. The molecular formula is C16H14N4OS. The molecule has 0 saturated heterocycles. The second-order valence-electron chi connectivity index (χ2n) is 4.67. The van der Waals surface area contributed by atoms with Crippen LogP contribution in [0, 0.1) is 0 Å². The van der Waals surface area contributed by atoms with Gasteiger partial charge in [-0.15, -0.1) is 10.2 Å². The Morgan fingerprint density at radius 3 is 2.50 bits per heavy atom. The summed E-state index contributed by atoms with van der Waals surface area (Å²) in [4.78, 5) is 11.1. The molecule has 3 aromatic rings. The third kappa shape index (κ3) is 3.17. The van der Waals surface area contributed by atoms with E-state index >= 15 is 0 Å². The summed E-state index contributed by atoms with van der Waals surface area (Å²) in [7, 11) is 0. The molecule has 22 heavy (non-hydrogen) atoms. The summed E-state index contributed by atoms with van der Waals surface area (Å²) in [5, 5.41) is 8.96. The number of benzene rings is 2. The second-order valence-corrected chi connectivity index (χ2v) is 5.61. The van der Waals surface area contributed by atoms with E-state index < -0.39 is 5.91 Å². The van der Waals surface area contributed by atoms with Gasteiger partial charge < -0.3 is 5.73 Å². The average Bonchev–Trinajstić information content (AvgIpc) is 3.02. The second kappa shape index (κ2) is 6.44. The van der Waals surface area contributed by atoms with Crippen molar-refractivity contribution < 1.29 is 4.79 Å². The van der Waals surface area contributed by atoms with Crippen LogP contribution in [0.2, 0.25) is 0 Å². The largest absolute Gasteiger partial charge is 0.366 e. The zero-order valence-electron chi connectivity index (χ0n) is 11.7. The van der Waals surface area contributed by atoms with Gasteiger partial charge in [-0.25, -0.2) is 0 Å². The van der Waals surface area contributed by atoms with Gasteiger partial charge in [0.15, 0.2) is 5.16 Å². The average molecular weight is 310 g/mol. The molecule has 5 nitrogen and oxygen atoms in total. The Morgan fingerprint density at radius 1 is 1.09 bits per heavy atom. The van der Waals surface area contributed by atoms with Crippen LogP contribution in [0.4, 0.5) is 0 Å². The van der Waals surface area contributed by atoms with E-state index in [1.54, 1.807) is 30.2 Å². The first-order chi connectivity index (χ1) is 10.7. The molecule has 0 aliphatic carbocycles. The minimum absolute atomic E-state index is 0.414. The van der Waals surface area contributed by atoms with E-state index in [2.05, 4.69) is 10.2 Å². The lowest BCUT2D eigenvalue weighted by molar-refractivity contribution is 0.100. The number of nitrogens with zero attached hydrogens (tertiary/aromatic N) is 3. The van der Waals surface area contributed by atoms with Crippen molar-refractivity contribution in [2.45, 2.75) is 10.9 Å². The van der Waals surface area contributed by atoms with Gasteiger partial charge >= 0.3 is 0 Å². The van der Waals surface area contributed by atoms with Crippen molar-refractivity contribution in [3.63, 3.8) is 0 Å². The molecule has 0 saturated carbocycles. The highest BCUT2D eigenvalue weighted by atomic mass is 32.2. The minimum atomic E-state index is -0.414. The van der Waals surface area contributed by atoms with Gasteiger partial charge in [-0.05, 0) is 29.8 Å². The molecule has 0 atom stereocenters. The molecule has 0 spiro atoms. The van der Waals surface area contributed by atoms with Crippen molar-refractivity contribution in [1.29, 1.82) is 0 Å². The van der Waals surface area contributed by atoms with Crippen LogP contribution < -0.4 is 5.73 Å². The first-order valence-corrected chi connectivity index (χ1v) is 7.69. The van der Waals surface area contributed by atoms with E-state index in [0.717, 1.165) is 22.2 Å². The highest BCUT2D eigenvalue weighted by Crippen LogP contribution is 2.23. The van der Waals surface area contributed by atoms with Gasteiger partial charge in [0, 0.05) is 17.0 Å². The normalized spacial score (nSPS) is 10.5. The number of carbonyl (C=O) groups excluding carboxylic acids is 1. The quantitative estimate of drug-likeness (QED) is 0.735. The number of nitrogens with two attached hydrogens (primary N) is 1. The number of primary amides is 1. The summed E-state index contributed by atoms with van der Waals surface area (Å²) in [5.74, 6) is 0.327. The molecule has 0 bridgehead atoms. The van der Waals surface area contributed by atoms with Crippen molar-refractivity contribution in [3.8, 4) is 5.69 Å². The van der Waals surface area contributed by atoms with Crippen LogP contribution in [-0.4, -0.2) is 20.7 Å². The number of rotatable bonds is 5. The van der Waals surface area contributed by atoms with Gasteiger partial charge in [-0.1, -0.05) is 42.1 Å². The van der Waals surface area contributed by atoms with E-state index in [1.807, 2.05) is 47.0 Å². The monoisotopic (exact) mass is 310 g/mol. The number of para-hydroxylation sites is 1. The smallest absolute Gasteiger partial charge is 0.248 e. The Kier molecular flexibility index (Phi) is 4.20. The molecule has 110 valence electrons. The topological polar surface area (TPSA) is 73.8 Å². The number of carbonyl (C=O) groups is 1. The molecule has 2 aromatic carbocycles. The van der Waals surface area contributed by atoms with Gasteiger partial charge in [0.1, 0.15) is 6.33 Å². The van der Waals surface area contributed by atoms with Gasteiger partial charge in [0.2, 0.25) is 5.91 Å². The maximum atomic E-state index is 11.1. The van der Waals surface area contributed by atoms with E-state index in [4.69, 9.17) is 5.73 Å². The predicted molar refractivity (Wildman–Crippen MR) is 85.9 cm³/mol. The molecule has 1 heterocycles. The molecule has 2 N–H and O–H groups in total. The fraction of sp³-hybridized carbons (Fsp3) is 0.0625. The van der Waals surface area contributed by atoms with E-state index in [0.29, 0.717) is 5.56 Å². The van der Waals surface area contributed by atoms with Crippen LogP contribution in [0.5, 0.6) is 0 Å². The highest BCUT2D eigenvalue weighted by Gasteiger charge is 2.07. The SMILES string of the molecule is NC(=O)c1ccc(CSc2nncn2-c2ccccc2)cc1. The summed E-state index contributed by atoms with van der Waals surface area (Å²) >= 11 is 1.59. The molecular weight excluding hydrogens is 296 g/mol. The lowest BCUT2D eigenvalue weighted by Crippen LogP contribution is -2.10. The summed E-state index contributed by atoms with van der Waals surface area (Å²) in [5.41, 5.74) is 7.87. The molecule has 0 aliphatic heterocycles. The van der Waals surface area contributed by atoms with Gasteiger partial charge in [-0.3, -0.25) is 9.36 Å². The molecule has 1 aromatic heterocycles. The first-order valence-electron chi connectivity index (χ1n) is 6.71. The molecule has 6 heteroatoms. The molecule has 3 rings (SSSR count). The van der Waals surface area contributed by atoms with Crippen molar-refractivity contribution in [3.05, 3.63) is 72.1 Å². The molecule has 0 unspecified atom stereocenters. The van der Waals surface area contributed by atoms with Crippen LogP contribution in [0.15, 0.2) is 66.1 Å². The summed E-state index contributed by atoms with van der Waals surface area (Å²) < 4.78 is 1.95. The minimum Gasteiger partial charge on any atom is -0.366 e. The van der Waals surface area contributed by atoms with Crippen LogP contribution in [0.1, 0.15) is 15.9 Å². The summed E-state index contributed by atoms with van der Waals surface area (Å²) in [6.45, 7) is 0. The Morgan fingerprint density at radius 2 is 1.82 bits per heavy atom. The van der Waals surface area contributed by atoms with Crippen LogP contribution in [0.25, 0.3) is 5.69 Å². The van der Waals surface area contributed by atoms with Crippen molar-refractivity contribution >= 4 is 17.7 Å². The van der Waals surface area contributed by atoms with Gasteiger partial charge in [0.25, 0.3) is 0 Å². The Labute approximate surface area is 132 Å². The Hall–Kier alpha value is -2.60. The lowest BCUT2D eigenvalue weighted by Gasteiger charge is -2.06. The number of hydrogen-bond donors (Lipinski definition) is 1. The van der Waals surface area contributed by atoms with Gasteiger partial charge in [0.05, 0.1) is 0 Å². The molecule has 0 radical (unpaired) electrons. The fourth-order valence-electron chi connectivity index (χ4n) is 2.00. The van der Waals surface area contributed by atoms with E-state index in [1.165, 1.54) is 0 Å². The number of aromatic nitrogens is 3. The maximum Gasteiger partial charge on any atom is 0.248 e. The third-order valence-corrected chi connectivity index (χ3v) is 4.17. The zero-order valence-corrected chi connectivity index (χ0v) is 12.5. The predicted octanol–water partition coefficient (Wildman–Crippen LogP) is 2.66. The maximum absolute atomic E-state index is 11.1. The van der Waals surface area contributed by atoms with Crippen molar-refractivity contribution in [1.82, 2.24) is 14.8 Å². The standard InChI is InChI=1S/C16H14N4OS/c17-15(21)13-8-6-12(7-9-13)10-22-16-19-18-11-20(16)14-4-2-1-3-5-14/h1-9,11H,10H2,(H2,17,21). The Balaban J connectivity index is 1.72. The fourth-order valence-corrected chi connectivity index (χ4v) is 2.89. The zero-order chi connectivity index (χ0) is 15.4. The first kappa shape index (κ1) is 14.3. The van der Waals surface area contributed by atoms with Crippen molar-refractivity contribution in [2.24, 2.45) is 5.73 Å². The molecule has 0 aliphatic rings.